The molecule has 1 aromatic carbocycles. The van der Waals surface area contributed by atoms with Gasteiger partial charge in [0.15, 0.2) is 0 Å². The third kappa shape index (κ3) is 7.76. The van der Waals surface area contributed by atoms with Gasteiger partial charge in [-0.05, 0) is 37.5 Å². The topological polar surface area (TPSA) is 76.7 Å². The first-order valence-corrected chi connectivity index (χ1v) is 11.7. The molecule has 0 aliphatic carbocycles. The molecular formula is C24H35ClN2O4. The van der Waals surface area contributed by atoms with E-state index in [-0.39, 0.29) is 6.03 Å². The van der Waals surface area contributed by atoms with Crippen LogP contribution in [0.5, 0.6) is 5.75 Å². The van der Waals surface area contributed by atoms with Crippen LogP contribution in [0.3, 0.4) is 0 Å². The maximum Gasteiger partial charge on any atom is 0.338 e. The number of unbranched alkanes of at least 4 members (excludes halogenated alkanes) is 6. The highest BCUT2D eigenvalue weighted by atomic mass is 35.5. The molecule has 1 heterocycles. The summed E-state index contributed by atoms with van der Waals surface area (Å²) in [6.07, 6.45) is 9.28. The SMILES string of the molecule is CCCCCCCCCOc1ccc(C2NC(=O)NC(C)=C2C(=O)OCCC)c(Cl)c1. The summed E-state index contributed by atoms with van der Waals surface area (Å²) in [5.41, 5.74) is 1.44. The van der Waals surface area contributed by atoms with Crippen LogP contribution in [0.1, 0.15) is 83.7 Å². The van der Waals surface area contributed by atoms with Gasteiger partial charge in [-0.25, -0.2) is 9.59 Å². The fourth-order valence-corrected chi connectivity index (χ4v) is 3.83. The maximum atomic E-state index is 12.6. The normalized spacial score (nSPS) is 16.0. The summed E-state index contributed by atoms with van der Waals surface area (Å²) < 4.78 is 11.1. The second-order valence-electron chi connectivity index (χ2n) is 7.86. The molecule has 0 bridgehead atoms. The van der Waals surface area contributed by atoms with Gasteiger partial charge in [-0.2, -0.15) is 0 Å². The zero-order valence-electron chi connectivity index (χ0n) is 18.9. The van der Waals surface area contributed by atoms with Gasteiger partial charge in [0.2, 0.25) is 0 Å². The second-order valence-corrected chi connectivity index (χ2v) is 8.27. The summed E-state index contributed by atoms with van der Waals surface area (Å²) in [6.45, 7) is 6.78. The van der Waals surface area contributed by atoms with Crippen LogP contribution < -0.4 is 15.4 Å². The van der Waals surface area contributed by atoms with Gasteiger partial charge >= 0.3 is 12.0 Å². The average Bonchev–Trinajstić information content (AvgIpc) is 2.73. The minimum absolute atomic E-state index is 0.315. The number of benzene rings is 1. The number of rotatable bonds is 13. The largest absolute Gasteiger partial charge is 0.494 e. The first-order valence-electron chi connectivity index (χ1n) is 11.4. The number of nitrogens with one attached hydrogen (secondary N) is 2. The number of hydrogen-bond donors (Lipinski definition) is 2. The van der Waals surface area contributed by atoms with E-state index in [0.717, 1.165) is 12.8 Å². The quantitative estimate of drug-likeness (QED) is 0.283. The van der Waals surface area contributed by atoms with Gasteiger partial charge in [0.05, 0.1) is 24.8 Å². The molecule has 2 N–H and O–H groups in total. The minimum Gasteiger partial charge on any atom is -0.494 e. The molecule has 6 nitrogen and oxygen atoms in total. The summed E-state index contributed by atoms with van der Waals surface area (Å²) >= 11 is 6.52. The molecule has 31 heavy (non-hydrogen) atoms. The van der Waals surface area contributed by atoms with E-state index in [9.17, 15) is 9.59 Å². The van der Waals surface area contributed by atoms with Gasteiger partial charge in [-0.3, -0.25) is 0 Å². The number of ether oxygens (including phenoxy) is 2. The number of amides is 2. The van der Waals surface area contributed by atoms with E-state index in [1.165, 1.54) is 32.1 Å². The first kappa shape index (κ1) is 25.1. The van der Waals surface area contributed by atoms with E-state index in [0.29, 0.717) is 47.2 Å². The minimum atomic E-state index is -0.678. The summed E-state index contributed by atoms with van der Waals surface area (Å²) in [7, 11) is 0. The Morgan fingerprint density at radius 1 is 1.03 bits per heavy atom. The van der Waals surface area contributed by atoms with Crippen molar-refractivity contribution in [1.82, 2.24) is 10.6 Å². The molecule has 7 heteroatoms. The molecule has 1 aliphatic heterocycles. The van der Waals surface area contributed by atoms with Crippen LogP contribution in [-0.4, -0.2) is 25.2 Å². The highest BCUT2D eigenvalue weighted by Gasteiger charge is 2.33. The average molecular weight is 451 g/mol. The summed E-state index contributed by atoms with van der Waals surface area (Å²) in [4.78, 5) is 24.6. The van der Waals surface area contributed by atoms with Crippen LogP contribution in [0, 0.1) is 0 Å². The van der Waals surface area contributed by atoms with E-state index in [4.69, 9.17) is 21.1 Å². The van der Waals surface area contributed by atoms with Gasteiger partial charge in [0, 0.05) is 10.7 Å². The molecular weight excluding hydrogens is 416 g/mol. The van der Waals surface area contributed by atoms with Gasteiger partial charge in [0.25, 0.3) is 0 Å². The highest BCUT2D eigenvalue weighted by molar-refractivity contribution is 6.31. The van der Waals surface area contributed by atoms with Crippen molar-refractivity contribution in [2.45, 2.75) is 78.2 Å². The van der Waals surface area contributed by atoms with E-state index < -0.39 is 12.0 Å². The maximum absolute atomic E-state index is 12.6. The number of carbonyl (C=O) groups excluding carboxylic acids is 2. The molecule has 1 atom stereocenters. The number of allylic oxidation sites excluding steroid dienone is 1. The standard InChI is InChI=1S/C24H35ClN2O4/c1-4-6-7-8-9-10-11-15-30-18-12-13-19(20(25)16-18)22-21(23(28)31-14-5-2)17(3)26-24(29)27-22/h12-13,16,22H,4-11,14-15H2,1-3H3,(H2,26,27,29). The number of halogens is 1. The van der Waals surface area contributed by atoms with Gasteiger partial charge < -0.3 is 20.1 Å². The lowest BCUT2D eigenvalue weighted by Gasteiger charge is -2.28. The summed E-state index contributed by atoms with van der Waals surface area (Å²) in [6, 6.07) is 4.28. The van der Waals surface area contributed by atoms with E-state index in [2.05, 4.69) is 17.6 Å². The van der Waals surface area contributed by atoms with Crippen molar-refractivity contribution in [3.63, 3.8) is 0 Å². The van der Waals surface area contributed by atoms with Crippen molar-refractivity contribution in [2.24, 2.45) is 0 Å². The third-order valence-corrected chi connectivity index (χ3v) is 5.55. The fraction of sp³-hybridized carbons (Fsp3) is 0.583. The zero-order valence-corrected chi connectivity index (χ0v) is 19.6. The number of carbonyl (C=O) groups is 2. The van der Waals surface area contributed by atoms with Crippen molar-refractivity contribution in [2.75, 3.05) is 13.2 Å². The lowest BCUT2D eigenvalue weighted by Crippen LogP contribution is -2.45. The molecule has 172 valence electrons. The van der Waals surface area contributed by atoms with Crippen LogP contribution in [-0.2, 0) is 9.53 Å². The van der Waals surface area contributed by atoms with E-state index in [1.807, 2.05) is 13.0 Å². The molecule has 1 aliphatic rings. The zero-order chi connectivity index (χ0) is 22.6. The Morgan fingerprint density at radius 3 is 2.42 bits per heavy atom. The number of urea groups is 1. The number of hydrogen-bond acceptors (Lipinski definition) is 4. The van der Waals surface area contributed by atoms with Crippen molar-refractivity contribution in [3.05, 3.63) is 40.1 Å². The molecule has 0 saturated carbocycles. The van der Waals surface area contributed by atoms with Gasteiger partial charge in [-0.1, -0.05) is 70.0 Å². The summed E-state index contributed by atoms with van der Waals surface area (Å²) in [5.74, 6) is 0.211. The Labute approximate surface area is 190 Å². The van der Waals surface area contributed by atoms with Crippen LogP contribution in [0.4, 0.5) is 4.79 Å². The van der Waals surface area contributed by atoms with Crippen molar-refractivity contribution < 1.29 is 19.1 Å². The molecule has 2 amide bonds. The molecule has 0 spiro atoms. The smallest absolute Gasteiger partial charge is 0.338 e. The lowest BCUT2D eigenvalue weighted by molar-refractivity contribution is -0.139. The highest BCUT2D eigenvalue weighted by Crippen LogP contribution is 2.34. The van der Waals surface area contributed by atoms with Crippen LogP contribution >= 0.6 is 11.6 Å². The molecule has 0 saturated heterocycles. The predicted octanol–water partition coefficient (Wildman–Crippen LogP) is 6.05. The van der Waals surface area contributed by atoms with Gasteiger partial charge in [0.1, 0.15) is 5.75 Å². The third-order valence-electron chi connectivity index (χ3n) is 5.23. The number of esters is 1. The molecule has 1 unspecified atom stereocenters. The predicted molar refractivity (Wildman–Crippen MR) is 123 cm³/mol. The monoisotopic (exact) mass is 450 g/mol. The molecule has 0 aromatic heterocycles. The Balaban J connectivity index is 1.99. The molecule has 0 radical (unpaired) electrons. The molecule has 0 fully saturated rings. The lowest BCUT2D eigenvalue weighted by atomic mass is 9.95. The Morgan fingerprint density at radius 2 is 1.74 bits per heavy atom. The van der Waals surface area contributed by atoms with Crippen LogP contribution in [0.25, 0.3) is 0 Å². The molecule has 1 aromatic rings. The van der Waals surface area contributed by atoms with Crippen LogP contribution in [0.15, 0.2) is 29.5 Å². The van der Waals surface area contributed by atoms with E-state index >= 15 is 0 Å². The van der Waals surface area contributed by atoms with Gasteiger partial charge in [-0.15, -0.1) is 0 Å². The van der Waals surface area contributed by atoms with Crippen molar-refractivity contribution in [1.29, 1.82) is 0 Å². The molecule has 2 rings (SSSR count). The Kier molecular flexibility index (Phi) is 10.7. The first-order chi connectivity index (χ1) is 15.0. The Bertz CT molecular complexity index is 779. The summed E-state index contributed by atoms with van der Waals surface area (Å²) in [5, 5.41) is 5.84. The van der Waals surface area contributed by atoms with E-state index in [1.54, 1.807) is 19.1 Å². The fourth-order valence-electron chi connectivity index (χ4n) is 3.55. The Hall–Kier alpha value is -2.21. The van der Waals surface area contributed by atoms with Crippen molar-refractivity contribution in [3.8, 4) is 5.75 Å². The second kappa shape index (κ2) is 13.3. The van der Waals surface area contributed by atoms with Crippen molar-refractivity contribution >= 4 is 23.6 Å². The van der Waals surface area contributed by atoms with Crippen LogP contribution in [0.2, 0.25) is 5.02 Å².